The Labute approximate surface area is 178 Å². The second kappa shape index (κ2) is 9.48. The third-order valence-corrected chi connectivity index (χ3v) is 5.54. The standard InChI is InChI=1S/C24H30N6/c1-19(21-9-8-12-23(15-21)29-13-6-7-14-29)28-24(25-2)26-16-20-17-27-30(18-20)22-10-4-3-5-11-22/h3-5,8-12,15,17-19H,6-7,13-14,16H2,1-2H3,(H2,25,26,28). The van der Waals surface area contributed by atoms with Crippen molar-refractivity contribution in [2.45, 2.75) is 32.4 Å². The maximum Gasteiger partial charge on any atom is 0.191 e. The van der Waals surface area contributed by atoms with Gasteiger partial charge in [0.15, 0.2) is 5.96 Å². The summed E-state index contributed by atoms with van der Waals surface area (Å²) in [4.78, 5) is 6.86. The number of nitrogens with one attached hydrogen (secondary N) is 2. The van der Waals surface area contributed by atoms with Gasteiger partial charge in [-0.25, -0.2) is 4.68 Å². The van der Waals surface area contributed by atoms with Crippen molar-refractivity contribution in [2.24, 2.45) is 4.99 Å². The summed E-state index contributed by atoms with van der Waals surface area (Å²) in [5.41, 5.74) is 4.73. The largest absolute Gasteiger partial charge is 0.372 e. The van der Waals surface area contributed by atoms with Crippen LogP contribution in [0.2, 0.25) is 0 Å². The molecule has 0 aliphatic carbocycles. The molecular formula is C24H30N6. The van der Waals surface area contributed by atoms with Crippen LogP contribution in [0.5, 0.6) is 0 Å². The highest BCUT2D eigenvalue weighted by atomic mass is 15.3. The zero-order chi connectivity index (χ0) is 20.8. The molecule has 30 heavy (non-hydrogen) atoms. The highest BCUT2D eigenvalue weighted by Gasteiger charge is 2.14. The Hall–Kier alpha value is -3.28. The number of anilines is 1. The average molecular weight is 403 g/mol. The van der Waals surface area contributed by atoms with Crippen molar-refractivity contribution in [2.75, 3.05) is 25.0 Å². The normalized spacial score (nSPS) is 15.3. The van der Waals surface area contributed by atoms with E-state index in [1.165, 1.54) is 24.1 Å². The fourth-order valence-electron chi connectivity index (χ4n) is 3.81. The van der Waals surface area contributed by atoms with Crippen LogP contribution in [0.25, 0.3) is 5.69 Å². The fourth-order valence-corrected chi connectivity index (χ4v) is 3.81. The van der Waals surface area contributed by atoms with E-state index in [0.29, 0.717) is 6.54 Å². The molecule has 2 aromatic carbocycles. The molecule has 156 valence electrons. The first-order chi connectivity index (χ1) is 14.7. The van der Waals surface area contributed by atoms with Crippen molar-refractivity contribution < 1.29 is 0 Å². The van der Waals surface area contributed by atoms with Crippen LogP contribution in [-0.4, -0.2) is 35.9 Å². The van der Waals surface area contributed by atoms with Crippen LogP contribution in [0.15, 0.2) is 72.0 Å². The van der Waals surface area contributed by atoms with Crippen LogP contribution in [-0.2, 0) is 6.54 Å². The number of hydrogen-bond acceptors (Lipinski definition) is 3. The predicted molar refractivity (Wildman–Crippen MR) is 123 cm³/mol. The third-order valence-electron chi connectivity index (χ3n) is 5.54. The Balaban J connectivity index is 1.35. The summed E-state index contributed by atoms with van der Waals surface area (Å²) < 4.78 is 1.89. The van der Waals surface area contributed by atoms with Gasteiger partial charge >= 0.3 is 0 Å². The zero-order valence-corrected chi connectivity index (χ0v) is 17.8. The van der Waals surface area contributed by atoms with E-state index in [1.807, 2.05) is 47.4 Å². The monoisotopic (exact) mass is 402 g/mol. The molecule has 1 unspecified atom stereocenters. The summed E-state index contributed by atoms with van der Waals surface area (Å²) in [7, 11) is 1.80. The van der Waals surface area contributed by atoms with Crippen LogP contribution in [0.4, 0.5) is 5.69 Å². The van der Waals surface area contributed by atoms with Gasteiger partial charge in [-0.15, -0.1) is 0 Å². The summed E-state index contributed by atoms with van der Waals surface area (Å²) in [6, 6.07) is 19.1. The van der Waals surface area contributed by atoms with Crippen LogP contribution >= 0.6 is 0 Å². The lowest BCUT2D eigenvalue weighted by Gasteiger charge is -2.22. The van der Waals surface area contributed by atoms with Crippen molar-refractivity contribution in [3.05, 3.63) is 78.1 Å². The van der Waals surface area contributed by atoms with E-state index < -0.39 is 0 Å². The molecule has 3 aromatic rings. The molecule has 0 saturated carbocycles. The number of rotatable bonds is 6. The van der Waals surface area contributed by atoms with Crippen LogP contribution < -0.4 is 15.5 Å². The Morgan fingerprint density at radius 1 is 1.07 bits per heavy atom. The van der Waals surface area contributed by atoms with E-state index in [-0.39, 0.29) is 6.04 Å². The maximum absolute atomic E-state index is 4.46. The van der Waals surface area contributed by atoms with E-state index in [9.17, 15) is 0 Å². The number of aliphatic imine (C=N–C) groups is 1. The van der Waals surface area contributed by atoms with E-state index in [4.69, 9.17) is 0 Å². The Bertz CT molecular complexity index is 972. The minimum absolute atomic E-state index is 0.158. The number of benzene rings is 2. The summed E-state index contributed by atoms with van der Waals surface area (Å²) in [5.74, 6) is 0.779. The molecule has 0 spiro atoms. The molecule has 1 atom stereocenters. The predicted octanol–water partition coefficient (Wildman–Crippen LogP) is 3.90. The van der Waals surface area contributed by atoms with Crippen molar-refractivity contribution in [1.82, 2.24) is 20.4 Å². The van der Waals surface area contributed by atoms with Crippen LogP contribution in [0.3, 0.4) is 0 Å². The SMILES string of the molecule is CN=C(NCc1cnn(-c2ccccc2)c1)NC(C)c1cccc(N2CCCC2)c1. The molecule has 1 fully saturated rings. The first-order valence-corrected chi connectivity index (χ1v) is 10.6. The number of aromatic nitrogens is 2. The number of para-hydroxylation sites is 1. The summed E-state index contributed by atoms with van der Waals surface area (Å²) >= 11 is 0. The molecule has 6 heteroatoms. The van der Waals surface area contributed by atoms with Gasteiger partial charge in [-0.3, -0.25) is 4.99 Å². The fraction of sp³-hybridized carbons (Fsp3) is 0.333. The van der Waals surface area contributed by atoms with Gasteiger partial charge in [-0.1, -0.05) is 30.3 Å². The molecule has 1 aliphatic heterocycles. The highest BCUT2D eigenvalue weighted by Crippen LogP contribution is 2.24. The van der Waals surface area contributed by atoms with E-state index in [1.54, 1.807) is 7.05 Å². The molecule has 0 radical (unpaired) electrons. The van der Waals surface area contributed by atoms with Gasteiger partial charge in [-0.05, 0) is 49.6 Å². The molecule has 0 bridgehead atoms. The van der Waals surface area contributed by atoms with Gasteiger partial charge in [0.25, 0.3) is 0 Å². The molecule has 2 N–H and O–H groups in total. The van der Waals surface area contributed by atoms with E-state index >= 15 is 0 Å². The maximum atomic E-state index is 4.46. The Morgan fingerprint density at radius 2 is 1.83 bits per heavy atom. The lowest BCUT2D eigenvalue weighted by Crippen LogP contribution is -2.38. The first-order valence-electron chi connectivity index (χ1n) is 10.6. The van der Waals surface area contributed by atoms with Gasteiger partial charge in [0.05, 0.1) is 17.9 Å². The van der Waals surface area contributed by atoms with Crippen molar-refractivity contribution in [3.63, 3.8) is 0 Å². The molecule has 1 saturated heterocycles. The first kappa shape index (κ1) is 20.0. The van der Waals surface area contributed by atoms with Crippen LogP contribution in [0.1, 0.15) is 36.9 Å². The minimum Gasteiger partial charge on any atom is -0.372 e. The number of guanidine groups is 1. The lowest BCUT2D eigenvalue weighted by molar-refractivity contribution is 0.685. The molecule has 1 aliphatic rings. The third kappa shape index (κ3) is 4.82. The van der Waals surface area contributed by atoms with Gasteiger partial charge in [0.1, 0.15) is 0 Å². The number of nitrogens with zero attached hydrogens (tertiary/aromatic N) is 4. The Kier molecular flexibility index (Phi) is 6.32. The molecule has 1 aromatic heterocycles. The molecular weight excluding hydrogens is 372 g/mol. The Morgan fingerprint density at radius 3 is 2.60 bits per heavy atom. The van der Waals surface area contributed by atoms with E-state index in [2.05, 4.69) is 56.8 Å². The molecule has 2 heterocycles. The summed E-state index contributed by atoms with van der Waals surface area (Å²) in [6.07, 6.45) is 6.50. The lowest BCUT2D eigenvalue weighted by atomic mass is 10.1. The van der Waals surface area contributed by atoms with Gasteiger partial charge < -0.3 is 15.5 Å². The van der Waals surface area contributed by atoms with Crippen molar-refractivity contribution in [1.29, 1.82) is 0 Å². The van der Waals surface area contributed by atoms with Gasteiger partial charge in [0.2, 0.25) is 0 Å². The molecule has 4 rings (SSSR count). The number of hydrogen-bond donors (Lipinski definition) is 2. The van der Waals surface area contributed by atoms with E-state index in [0.717, 1.165) is 30.3 Å². The average Bonchev–Trinajstić information content (AvgIpc) is 3.50. The molecule has 0 amide bonds. The smallest absolute Gasteiger partial charge is 0.191 e. The second-order valence-corrected chi connectivity index (χ2v) is 7.71. The minimum atomic E-state index is 0.158. The topological polar surface area (TPSA) is 57.5 Å². The van der Waals surface area contributed by atoms with Gasteiger partial charge in [-0.2, -0.15) is 5.10 Å². The quantitative estimate of drug-likeness (QED) is 0.485. The summed E-state index contributed by atoms with van der Waals surface area (Å²) in [5, 5.41) is 11.4. The zero-order valence-electron chi connectivity index (χ0n) is 17.8. The van der Waals surface area contributed by atoms with Crippen molar-refractivity contribution in [3.8, 4) is 5.69 Å². The second-order valence-electron chi connectivity index (χ2n) is 7.71. The van der Waals surface area contributed by atoms with Crippen LogP contribution in [0, 0.1) is 0 Å². The van der Waals surface area contributed by atoms with Gasteiger partial charge in [0, 0.05) is 44.1 Å². The molecule has 6 nitrogen and oxygen atoms in total. The highest BCUT2D eigenvalue weighted by molar-refractivity contribution is 5.80. The van der Waals surface area contributed by atoms with Crippen molar-refractivity contribution >= 4 is 11.6 Å². The summed E-state index contributed by atoms with van der Waals surface area (Å²) in [6.45, 7) is 5.15.